The summed E-state index contributed by atoms with van der Waals surface area (Å²) in [4.78, 5) is 0. The lowest BCUT2D eigenvalue weighted by molar-refractivity contribution is 0.405. The van der Waals surface area contributed by atoms with Gasteiger partial charge in [0.2, 0.25) is 0 Å². The average molecular weight is 334 g/mol. The number of hydrogen-bond acceptors (Lipinski definition) is 3. The molecule has 118 valence electrons. The molecule has 1 aromatic rings. The van der Waals surface area contributed by atoms with Gasteiger partial charge in [0, 0.05) is 11.1 Å². The van der Waals surface area contributed by atoms with Crippen LogP contribution in [0.5, 0.6) is 0 Å². The maximum Gasteiger partial charge on any atom is 0.150 e. The van der Waals surface area contributed by atoms with E-state index in [-0.39, 0.29) is 29.3 Å². The molecule has 6 heteroatoms. The Bertz CT molecular complexity index is 591. The summed E-state index contributed by atoms with van der Waals surface area (Å²) in [5, 5.41) is 3.85. The van der Waals surface area contributed by atoms with E-state index < -0.39 is 9.84 Å². The number of sulfone groups is 1. The average Bonchev–Trinajstić information content (AvgIpc) is 2.73. The first-order valence-electron chi connectivity index (χ1n) is 7.27. The predicted molar refractivity (Wildman–Crippen MR) is 84.0 cm³/mol. The molecule has 0 bridgehead atoms. The molecular formula is C15H21ClFNO2S. The minimum absolute atomic E-state index is 0.0706. The highest BCUT2D eigenvalue weighted by atomic mass is 35.5. The molecule has 3 nitrogen and oxygen atoms in total. The largest absolute Gasteiger partial charge is 0.314 e. The molecule has 0 saturated carbocycles. The molecule has 0 radical (unpaired) electrons. The first kappa shape index (κ1) is 16.7. The van der Waals surface area contributed by atoms with Crippen LogP contribution in [0, 0.1) is 11.7 Å². The summed E-state index contributed by atoms with van der Waals surface area (Å²) in [6, 6.07) is 4.63. The van der Waals surface area contributed by atoms with Crippen molar-refractivity contribution in [1.29, 1.82) is 0 Å². The van der Waals surface area contributed by atoms with Crippen LogP contribution in [0.15, 0.2) is 18.2 Å². The second-order valence-corrected chi connectivity index (χ2v) is 8.36. The first-order chi connectivity index (χ1) is 9.89. The summed E-state index contributed by atoms with van der Waals surface area (Å²) in [5.74, 6) is 0.442. The Morgan fingerprint density at radius 2 is 2.24 bits per heavy atom. The van der Waals surface area contributed by atoms with Crippen molar-refractivity contribution in [3.63, 3.8) is 0 Å². The van der Waals surface area contributed by atoms with Crippen LogP contribution < -0.4 is 5.32 Å². The van der Waals surface area contributed by atoms with Crippen molar-refractivity contribution < 1.29 is 12.8 Å². The molecule has 2 rings (SSSR count). The lowest BCUT2D eigenvalue weighted by Crippen LogP contribution is -2.33. The molecule has 21 heavy (non-hydrogen) atoms. The van der Waals surface area contributed by atoms with Crippen molar-refractivity contribution in [1.82, 2.24) is 5.32 Å². The quantitative estimate of drug-likeness (QED) is 0.870. The second kappa shape index (κ2) is 7.07. The zero-order chi connectivity index (χ0) is 15.5. The summed E-state index contributed by atoms with van der Waals surface area (Å²) in [7, 11) is -2.87. The first-order valence-corrected chi connectivity index (χ1v) is 9.47. The Kier molecular flexibility index (Phi) is 5.63. The highest BCUT2D eigenvalue weighted by molar-refractivity contribution is 7.91. The van der Waals surface area contributed by atoms with Gasteiger partial charge in [-0.05, 0) is 55.5 Å². The Morgan fingerprint density at radius 3 is 2.86 bits per heavy atom. The third kappa shape index (κ3) is 4.94. The van der Waals surface area contributed by atoms with Crippen LogP contribution in [0.3, 0.4) is 0 Å². The maximum atomic E-state index is 13.8. The minimum Gasteiger partial charge on any atom is -0.314 e. The molecular weight excluding hydrogens is 313 g/mol. The maximum absolute atomic E-state index is 13.8. The fourth-order valence-electron chi connectivity index (χ4n) is 2.95. The van der Waals surface area contributed by atoms with Crippen LogP contribution >= 0.6 is 11.6 Å². The van der Waals surface area contributed by atoms with E-state index in [4.69, 9.17) is 11.6 Å². The summed E-state index contributed by atoms with van der Waals surface area (Å²) in [5.41, 5.74) is 0.578. The van der Waals surface area contributed by atoms with Crippen LogP contribution in [0.2, 0.25) is 5.02 Å². The van der Waals surface area contributed by atoms with Gasteiger partial charge in [-0.2, -0.15) is 0 Å². The zero-order valence-corrected chi connectivity index (χ0v) is 13.7. The molecule has 2 atom stereocenters. The molecule has 1 fully saturated rings. The van der Waals surface area contributed by atoms with Crippen molar-refractivity contribution in [3.8, 4) is 0 Å². The van der Waals surface area contributed by atoms with E-state index in [0.717, 1.165) is 13.0 Å². The molecule has 1 heterocycles. The van der Waals surface area contributed by atoms with Crippen LogP contribution in [-0.4, -0.2) is 32.5 Å². The highest BCUT2D eigenvalue weighted by Gasteiger charge is 2.29. The molecule has 2 unspecified atom stereocenters. The molecule has 0 aliphatic carbocycles. The smallest absolute Gasteiger partial charge is 0.150 e. The van der Waals surface area contributed by atoms with Gasteiger partial charge >= 0.3 is 0 Å². The normalized spacial score (nSPS) is 22.3. The Labute approximate surface area is 130 Å². The lowest BCUT2D eigenvalue weighted by Gasteiger charge is -2.21. The Balaban J connectivity index is 2.03. The molecule has 0 amide bonds. The van der Waals surface area contributed by atoms with E-state index in [1.165, 1.54) is 12.1 Å². The van der Waals surface area contributed by atoms with Gasteiger partial charge in [0.1, 0.15) is 5.82 Å². The van der Waals surface area contributed by atoms with Crippen molar-refractivity contribution in [3.05, 3.63) is 34.6 Å². The number of hydrogen-bond donors (Lipinski definition) is 1. The van der Waals surface area contributed by atoms with E-state index >= 15 is 0 Å². The summed E-state index contributed by atoms with van der Waals surface area (Å²) in [6.07, 6.45) is 1.98. The monoisotopic (exact) mass is 333 g/mol. The van der Waals surface area contributed by atoms with Crippen molar-refractivity contribution in [2.75, 3.05) is 18.1 Å². The number of rotatable bonds is 6. The van der Waals surface area contributed by atoms with E-state index in [2.05, 4.69) is 5.32 Å². The summed E-state index contributed by atoms with van der Waals surface area (Å²) < 4.78 is 36.9. The SMILES string of the molecule is CCNC(Cc1cc(Cl)ccc1F)CC1CCS(=O)(=O)C1. The van der Waals surface area contributed by atoms with E-state index in [1.54, 1.807) is 6.07 Å². The lowest BCUT2D eigenvalue weighted by atomic mass is 9.94. The van der Waals surface area contributed by atoms with Gasteiger partial charge in [-0.3, -0.25) is 0 Å². The van der Waals surface area contributed by atoms with Gasteiger partial charge < -0.3 is 5.32 Å². The summed E-state index contributed by atoms with van der Waals surface area (Å²) in [6.45, 7) is 2.76. The predicted octanol–water partition coefficient (Wildman–Crippen LogP) is 2.82. The van der Waals surface area contributed by atoms with Gasteiger partial charge in [-0.25, -0.2) is 12.8 Å². The number of benzene rings is 1. The van der Waals surface area contributed by atoms with Gasteiger partial charge in [-0.1, -0.05) is 18.5 Å². The minimum atomic E-state index is -2.87. The fraction of sp³-hybridized carbons (Fsp3) is 0.600. The standard InChI is InChI=1S/C15H21ClFNO2S/c1-2-18-14(7-11-5-6-21(19,20)10-11)9-12-8-13(16)3-4-15(12)17/h3-4,8,11,14,18H,2,5-7,9-10H2,1H3. The van der Waals surface area contributed by atoms with Gasteiger partial charge in [0.25, 0.3) is 0 Å². The van der Waals surface area contributed by atoms with E-state index in [1.807, 2.05) is 6.92 Å². The molecule has 1 aliphatic rings. The number of nitrogens with one attached hydrogen (secondary N) is 1. The topological polar surface area (TPSA) is 46.2 Å². The van der Waals surface area contributed by atoms with Crippen LogP contribution in [0.25, 0.3) is 0 Å². The fourth-order valence-corrected chi connectivity index (χ4v) is 5.03. The van der Waals surface area contributed by atoms with E-state index in [0.29, 0.717) is 23.4 Å². The third-order valence-corrected chi connectivity index (χ3v) is 5.98. The molecule has 1 saturated heterocycles. The summed E-state index contributed by atoms with van der Waals surface area (Å²) >= 11 is 5.92. The van der Waals surface area contributed by atoms with Gasteiger partial charge in [0.15, 0.2) is 9.84 Å². The van der Waals surface area contributed by atoms with Gasteiger partial charge in [0.05, 0.1) is 11.5 Å². The Hall–Kier alpha value is -0.650. The molecule has 1 N–H and O–H groups in total. The third-order valence-electron chi connectivity index (χ3n) is 3.91. The molecule has 1 aromatic carbocycles. The van der Waals surface area contributed by atoms with Gasteiger partial charge in [-0.15, -0.1) is 0 Å². The molecule has 0 aromatic heterocycles. The van der Waals surface area contributed by atoms with Crippen molar-refractivity contribution in [2.45, 2.75) is 32.2 Å². The highest BCUT2D eigenvalue weighted by Crippen LogP contribution is 2.25. The van der Waals surface area contributed by atoms with Crippen LogP contribution in [-0.2, 0) is 16.3 Å². The molecule has 1 aliphatic heterocycles. The van der Waals surface area contributed by atoms with Crippen LogP contribution in [0.4, 0.5) is 4.39 Å². The Morgan fingerprint density at radius 1 is 1.48 bits per heavy atom. The van der Waals surface area contributed by atoms with Crippen molar-refractivity contribution in [2.24, 2.45) is 5.92 Å². The van der Waals surface area contributed by atoms with Crippen LogP contribution in [0.1, 0.15) is 25.3 Å². The molecule has 0 spiro atoms. The zero-order valence-electron chi connectivity index (χ0n) is 12.1. The number of halogens is 2. The number of likely N-dealkylation sites (N-methyl/N-ethyl adjacent to an activating group) is 1. The van der Waals surface area contributed by atoms with E-state index in [9.17, 15) is 12.8 Å². The van der Waals surface area contributed by atoms with Crippen molar-refractivity contribution >= 4 is 21.4 Å². The second-order valence-electron chi connectivity index (χ2n) is 5.70.